The summed E-state index contributed by atoms with van der Waals surface area (Å²) >= 11 is 0. The molecule has 110 valence electrons. The summed E-state index contributed by atoms with van der Waals surface area (Å²) in [5, 5.41) is 7.07. The third-order valence-electron chi connectivity index (χ3n) is 3.37. The van der Waals surface area contributed by atoms with Crippen LogP contribution in [0.5, 0.6) is 11.5 Å². The van der Waals surface area contributed by atoms with Crippen LogP contribution >= 0.6 is 0 Å². The number of rotatable bonds is 4. The van der Waals surface area contributed by atoms with Crippen molar-refractivity contribution in [1.82, 2.24) is 9.78 Å². The average molecular weight is 287 g/mol. The van der Waals surface area contributed by atoms with Crippen molar-refractivity contribution in [3.8, 4) is 11.5 Å². The van der Waals surface area contributed by atoms with E-state index in [0.29, 0.717) is 12.8 Å². The van der Waals surface area contributed by atoms with Gasteiger partial charge in [-0.15, -0.1) is 0 Å². The van der Waals surface area contributed by atoms with Gasteiger partial charge in [0.1, 0.15) is 0 Å². The van der Waals surface area contributed by atoms with E-state index in [1.54, 1.807) is 10.9 Å². The zero-order valence-electron chi connectivity index (χ0n) is 12.0. The third kappa shape index (κ3) is 2.99. The summed E-state index contributed by atoms with van der Waals surface area (Å²) in [7, 11) is 1.83. The molecule has 1 aromatic carbocycles. The highest BCUT2D eigenvalue weighted by molar-refractivity contribution is 5.91. The van der Waals surface area contributed by atoms with Crippen LogP contribution in [0, 0.1) is 6.92 Å². The van der Waals surface area contributed by atoms with Crippen molar-refractivity contribution < 1.29 is 14.3 Å². The number of fused-ring (bicyclic) bond motifs is 1. The van der Waals surface area contributed by atoms with Crippen LogP contribution in [0.15, 0.2) is 24.4 Å². The largest absolute Gasteiger partial charge is 0.454 e. The van der Waals surface area contributed by atoms with Crippen molar-refractivity contribution in [3.05, 3.63) is 35.7 Å². The van der Waals surface area contributed by atoms with E-state index in [9.17, 15) is 4.79 Å². The Morgan fingerprint density at radius 1 is 1.38 bits per heavy atom. The Hall–Kier alpha value is -2.50. The van der Waals surface area contributed by atoms with E-state index in [1.807, 2.05) is 32.2 Å². The molecule has 1 N–H and O–H groups in total. The number of amides is 1. The molecule has 2 heterocycles. The molecule has 21 heavy (non-hydrogen) atoms. The molecule has 0 saturated heterocycles. The van der Waals surface area contributed by atoms with Gasteiger partial charge in [-0.05, 0) is 31.0 Å². The molecular weight excluding hydrogens is 270 g/mol. The van der Waals surface area contributed by atoms with Crippen molar-refractivity contribution in [2.45, 2.75) is 19.8 Å². The number of ether oxygens (including phenoxy) is 2. The summed E-state index contributed by atoms with van der Waals surface area (Å²) in [6, 6.07) is 5.75. The number of benzene rings is 1. The molecule has 0 bridgehead atoms. The van der Waals surface area contributed by atoms with Gasteiger partial charge in [0.2, 0.25) is 12.7 Å². The Balaban J connectivity index is 1.57. The van der Waals surface area contributed by atoms with Crippen molar-refractivity contribution >= 4 is 11.6 Å². The normalized spacial score (nSPS) is 12.5. The van der Waals surface area contributed by atoms with Crippen LogP contribution in [-0.2, 0) is 18.3 Å². The quantitative estimate of drug-likeness (QED) is 0.934. The Kier molecular flexibility index (Phi) is 3.51. The van der Waals surface area contributed by atoms with Gasteiger partial charge < -0.3 is 14.8 Å². The Morgan fingerprint density at radius 2 is 2.19 bits per heavy atom. The van der Waals surface area contributed by atoms with E-state index in [2.05, 4.69) is 10.4 Å². The number of nitrogens with zero attached hydrogens (tertiary/aromatic N) is 2. The van der Waals surface area contributed by atoms with E-state index >= 15 is 0 Å². The maximum Gasteiger partial charge on any atom is 0.231 e. The average Bonchev–Trinajstić information content (AvgIpc) is 3.02. The first kappa shape index (κ1) is 13.5. The lowest BCUT2D eigenvalue weighted by Crippen LogP contribution is -2.12. The van der Waals surface area contributed by atoms with Crippen LogP contribution in [0.25, 0.3) is 0 Å². The second-order valence-corrected chi connectivity index (χ2v) is 5.04. The SMILES string of the molecule is Cc1nn(C)cc1NC(=O)CCc1ccc2c(c1)OCO2. The highest BCUT2D eigenvalue weighted by Crippen LogP contribution is 2.32. The monoisotopic (exact) mass is 287 g/mol. The van der Waals surface area contributed by atoms with Crippen molar-refractivity contribution in [2.24, 2.45) is 7.05 Å². The molecule has 1 aliphatic rings. The van der Waals surface area contributed by atoms with E-state index in [1.165, 1.54) is 0 Å². The Bertz CT molecular complexity index is 679. The molecule has 0 atom stereocenters. The van der Waals surface area contributed by atoms with Crippen molar-refractivity contribution in [1.29, 1.82) is 0 Å². The number of carbonyl (C=O) groups excluding carboxylic acids is 1. The number of carbonyl (C=O) groups is 1. The lowest BCUT2D eigenvalue weighted by atomic mass is 10.1. The molecule has 2 aromatic rings. The fraction of sp³-hybridized carbons (Fsp3) is 0.333. The predicted molar refractivity (Wildman–Crippen MR) is 77.5 cm³/mol. The minimum atomic E-state index is -0.0243. The van der Waals surface area contributed by atoms with Gasteiger partial charge in [0.15, 0.2) is 11.5 Å². The summed E-state index contributed by atoms with van der Waals surface area (Å²) in [5.41, 5.74) is 2.62. The van der Waals surface area contributed by atoms with Gasteiger partial charge in [0.25, 0.3) is 0 Å². The first-order valence-electron chi connectivity index (χ1n) is 6.80. The summed E-state index contributed by atoms with van der Waals surface area (Å²) in [4.78, 5) is 12.0. The molecule has 0 saturated carbocycles. The number of aryl methyl sites for hydroxylation is 3. The van der Waals surface area contributed by atoms with Gasteiger partial charge in [-0.1, -0.05) is 6.07 Å². The second kappa shape index (κ2) is 5.47. The second-order valence-electron chi connectivity index (χ2n) is 5.04. The van der Waals surface area contributed by atoms with Gasteiger partial charge >= 0.3 is 0 Å². The van der Waals surface area contributed by atoms with E-state index in [4.69, 9.17) is 9.47 Å². The predicted octanol–water partition coefficient (Wildman–Crippen LogP) is 2.03. The first-order valence-corrected chi connectivity index (χ1v) is 6.80. The van der Waals surface area contributed by atoms with Gasteiger partial charge in [-0.25, -0.2) is 0 Å². The van der Waals surface area contributed by atoms with E-state index in [0.717, 1.165) is 28.4 Å². The molecule has 0 aliphatic carbocycles. The molecule has 1 aliphatic heterocycles. The molecule has 0 spiro atoms. The molecule has 1 aromatic heterocycles. The first-order chi connectivity index (χ1) is 10.1. The fourth-order valence-electron chi connectivity index (χ4n) is 2.29. The topological polar surface area (TPSA) is 65.4 Å². The van der Waals surface area contributed by atoms with Crippen molar-refractivity contribution in [2.75, 3.05) is 12.1 Å². The van der Waals surface area contributed by atoms with E-state index in [-0.39, 0.29) is 12.7 Å². The summed E-state index contributed by atoms with van der Waals surface area (Å²) < 4.78 is 12.3. The summed E-state index contributed by atoms with van der Waals surface area (Å²) in [5.74, 6) is 1.48. The number of hydrogen-bond donors (Lipinski definition) is 1. The van der Waals surface area contributed by atoms with Crippen molar-refractivity contribution in [3.63, 3.8) is 0 Å². The number of nitrogens with one attached hydrogen (secondary N) is 1. The van der Waals surface area contributed by atoms with Crippen LogP contribution < -0.4 is 14.8 Å². The maximum absolute atomic E-state index is 12.0. The molecule has 6 nitrogen and oxygen atoms in total. The molecule has 0 unspecified atom stereocenters. The molecular formula is C15H17N3O3. The molecule has 0 fully saturated rings. The highest BCUT2D eigenvalue weighted by Gasteiger charge is 2.14. The number of aromatic nitrogens is 2. The molecule has 3 rings (SSSR count). The summed E-state index contributed by atoms with van der Waals surface area (Å²) in [6.45, 7) is 2.13. The zero-order valence-corrected chi connectivity index (χ0v) is 12.0. The molecule has 1 amide bonds. The fourth-order valence-corrected chi connectivity index (χ4v) is 2.29. The molecule has 0 radical (unpaired) electrons. The maximum atomic E-state index is 12.0. The smallest absolute Gasteiger partial charge is 0.231 e. The van der Waals surface area contributed by atoms with Gasteiger partial charge in [0.05, 0.1) is 11.4 Å². The van der Waals surface area contributed by atoms with Crippen LogP contribution in [-0.4, -0.2) is 22.5 Å². The Labute approximate surface area is 122 Å². The van der Waals surface area contributed by atoms with Crippen LogP contribution in [0.2, 0.25) is 0 Å². The van der Waals surface area contributed by atoms with Gasteiger partial charge in [0, 0.05) is 19.7 Å². The highest BCUT2D eigenvalue weighted by atomic mass is 16.7. The van der Waals surface area contributed by atoms with E-state index < -0.39 is 0 Å². The number of anilines is 1. The van der Waals surface area contributed by atoms with Crippen LogP contribution in [0.3, 0.4) is 0 Å². The molecule has 6 heteroatoms. The minimum Gasteiger partial charge on any atom is -0.454 e. The summed E-state index contributed by atoms with van der Waals surface area (Å²) in [6.07, 6.45) is 2.86. The van der Waals surface area contributed by atoms with Crippen LogP contribution in [0.1, 0.15) is 17.7 Å². The lowest BCUT2D eigenvalue weighted by molar-refractivity contribution is -0.116. The standard InChI is InChI=1S/C15H17N3O3/c1-10-12(8-18(2)17-10)16-15(19)6-4-11-3-5-13-14(7-11)21-9-20-13/h3,5,7-8H,4,6,9H2,1-2H3,(H,16,19). The van der Waals surface area contributed by atoms with Gasteiger partial charge in [-0.3, -0.25) is 9.48 Å². The lowest BCUT2D eigenvalue weighted by Gasteiger charge is -2.05. The third-order valence-corrected chi connectivity index (χ3v) is 3.37. The zero-order chi connectivity index (χ0) is 14.8. The Morgan fingerprint density at radius 3 is 2.95 bits per heavy atom. The number of hydrogen-bond acceptors (Lipinski definition) is 4. The van der Waals surface area contributed by atoms with Gasteiger partial charge in [-0.2, -0.15) is 5.10 Å². The van der Waals surface area contributed by atoms with Crippen LogP contribution in [0.4, 0.5) is 5.69 Å². The minimum absolute atomic E-state index is 0.0243.